The van der Waals surface area contributed by atoms with Gasteiger partial charge in [0.15, 0.2) is 0 Å². The van der Waals surface area contributed by atoms with Crippen LogP contribution in [0.4, 0.5) is 17.1 Å². The van der Waals surface area contributed by atoms with Crippen molar-refractivity contribution in [2.45, 2.75) is 19.8 Å². The van der Waals surface area contributed by atoms with Gasteiger partial charge in [-0.3, -0.25) is 4.79 Å². The number of benzene rings is 2. The summed E-state index contributed by atoms with van der Waals surface area (Å²) in [5.74, 6) is 0.907. The van der Waals surface area contributed by atoms with Gasteiger partial charge in [-0.15, -0.1) is 0 Å². The molecule has 27 heavy (non-hydrogen) atoms. The third kappa shape index (κ3) is 4.36. The predicted molar refractivity (Wildman–Crippen MR) is 103 cm³/mol. The number of carbonyl (C=O) groups is 1. The van der Waals surface area contributed by atoms with Gasteiger partial charge in [-0.2, -0.15) is 0 Å². The summed E-state index contributed by atoms with van der Waals surface area (Å²) in [4.78, 5) is 26.1. The number of anilines is 2. The van der Waals surface area contributed by atoms with Crippen LogP contribution < -0.4 is 15.0 Å². The lowest BCUT2D eigenvalue weighted by molar-refractivity contribution is -0.729. The Morgan fingerprint density at radius 1 is 1.22 bits per heavy atom. The van der Waals surface area contributed by atoms with Gasteiger partial charge in [0, 0.05) is 36.5 Å². The number of hydrogen-bond acceptors (Lipinski definition) is 4. The van der Waals surface area contributed by atoms with Crippen molar-refractivity contribution in [3.05, 3.63) is 52.9 Å². The van der Waals surface area contributed by atoms with E-state index in [1.807, 2.05) is 0 Å². The molecule has 0 saturated carbocycles. The van der Waals surface area contributed by atoms with Crippen LogP contribution in [0.5, 0.6) is 5.75 Å². The lowest BCUT2D eigenvalue weighted by Crippen LogP contribution is -2.33. The van der Waals surface area contributed by atoms with Crippen LogP contribution in [-0.4, -0.2) is 36.2 Å². The Balaban J connectivity index is 1.82. The third-order valence-electron chi connectivity index (χ3n) is 4.90. The van der Waals surface area contributed by atoms with Crippen molar-refractivity contribution < 1.29 is 19.7 Å². The highest BCUT2D eigenvalue weighted by Gasteiger charge is 2.27. The average molecular weight is 370 g/mol. The maximum atomic E-state index is 12.6. The van der Waals surface area contributed by atoms with E-state index in [1.165, 1.54) is 6.07 Å². The van der Waals surface area contributed by atoms with Gasteiger partial charge in [-0.1, -0.05) is 13.0 Å². The standard InChI is InChI=1S/C20H23N3O4/c1-14-8-10-22(11-9-14)18-7-6-15(12-19(18)23(25)26)20(24)21-16-4-3-5-17(13-16)27-2/h3-7,12-14H,8-11H2,1-2H3,(H-,21,24,25,26)/p+1. The van der Waals surface area contributed by atoms with Crippen LogP contribution in [0.2, 0.25) is 0 Å². The van der Waals surface area contributed by atoms with Crippen molar-refractivity contribution in [2.75, 3.05) is 30.4 Å². The number of amides is 1. The number of ether oxygens (including phenoxy) is 1. The van der Waals surface area contributed by atoms with E-state index in [-0.39, 0.29) is 22.1 Å². The molecule has 0 aliphatic carbocycles. The van der Waals surface area contributed by atoms with Gasteiger partial charge in [-0.05, 0) is 43.0 Å². The van der Waals surface area contributed by atoms with Gasteiger partial charge in [-0.25, -0.2) is 5.21 Å². The Labute approximate surface area is 158 Å². The first kappa shape index (κ1) is 18.7. The lowest BCUT2D eigenvalue weighted by Gasteiger charge is -2.31. The number of nitrogens with zero attached hydrogens (tertiary/aromatic N) is 2. The van der Waals surface area contributed by atoms with E-state index in [9.17, 15) is 14.9 Å². The number of piperidine rings is 1. The zero-order chi connectivity index (χ0) is 19.4. The molecular formula is C20H24N3O4+. The summed E-state index contributed by atoms with van der Waals surface area (Å²) in [6.07, 6.45) is 2.06. The minimum Gasteiger partial charge on any atom is -0.497 e. The first-order chi connectivity index (χ1) is 13.0. The molecule has 7 heteroatoms. The molecule has 1 amide bonds. The first-order valence-electron chi connectivity index (χ1n) is 8.98. The Morgan fingerprint density at radius 2 is 1.96 bits per heavy atom. The van der Waals surface area contributed by atoms with Crippen LogP contribution >= 0.6 is 0 Å². The van der Waals surface area contributed by atoms with E-state index in [2.05, 4.69) is 17.1 Å². The molecule has 1 aliphatic rings. The highest BCUT2D eigenvalue weighted by Crippen LogP contribution is 2.32. The van der Waals surface area contributed by atoms with Crippen molar-refractivity contribution in [1.82, 2.24) is 0 Å². The molecule has 142 valence electrons. The van der Waals surface area contributed by atoms with Crippen molar-refractivity contribution in [3.63, 3.8) is 0 Å². The van der Waals surface area contributed by atoms with Crippen LogP contribution in [0.15, 0.2) is 42.5 Å². The van der Waals surface area contributed by atoms with Gasteiger partial charge in [0.1, 0.15) is 11.4 Å². The lowest BCUT2D eigenvalue weighted by atomic mass is 9.98. The Hall–Kier alpha value is -3.09. The largest absolute Gasteiger partial charge is 0.497 e. The smallest absolute Gasteiger partial charge is 0.340 e. The molecule has 0 atom stereocenters. The number of rotatable bonds is 5. The molecule has 2 N–H and O–H groups in total. The first-order valence-corrected chi connectivity index (χ1v) is 8.98. The van der Waals surface area contributed by atoms with Crippen LogP contribution in [0.25, 0.3) is 0 Å². The summed E-state index contributed by atoms with van der Waals surface area (Å²) in [7, 11) is 1.55. The summed E-state index contributed by atoms with van der Waals surface area (Å²) < 4.78 is 5.15. The van der Waals surface area contributed by atoms with Gasteiger partial charge >= 0.3 is 5.69 Å². The molecule has 2 aromatic carbocycles. The van der Waals surface area contributed by atoms with E-state index in [0.29, 0.717) is 23.0 Å². The number of methoxy groups -OCH3 is 1. The molecule has 1 aliphatic heterocycles. The fraction of sp³-hybridized carbons (Fsp3) is 0.350. The molecule has 1 saturated heterocycles. The van der Waals surface area contributed by atoms with E-state index in [0.717, 1.165) is 25.9 Å². The quantitative estimate of drug-likeness (QED) is 0.778. The fourth-order valence-corrected chi connectivity index (χ4v) is 3.24. The number of carbonyl (C=O) groups excluding carboxylic acids is 1. The summed E-state index contributed by atoms with van der Waals surface area (Å²) in [6.45, 7) is 3.84. The topological polar surface area (TPSA) is 81.9 Å². The van der Waals surface area contributed by atoms with Crippen LogP contribution in [0.3, 0.4) is 0 Å². The van der Waals surface area contributed by atoms with E-state index in [1.54, 1.807) is 43.5 Å². The summed E-state index contributed by atoms with van der Waals surface area (Å²) in [5, 5.41) is 12.3. The summed E-state index contributed by atoms with van der Waals surface area (Å²) >= 11 is 0. The molecule has 2 aromatic rings. The molecular weight excluding hydrogens is 346 g/mol. The Morgan fingerprint density at radius 3 is 2.63 bits per heavy atom. The molecule has 3 rings (SSSR count). The van der Waals surface area contributed by atoms with Crippen molar-refractivity contribution >= 4 is 23.0 Å². The second kappa shape index (κ2) is 8.07. The molecule has 0 bridgehead atoms. The van der Waals surface area contributed by atoms with Crippen molar-refractivity contribution in [1.29, 1.82) is 0 Å². The fourth-order valence-electron chi connectivity index (χ4n) is 3.24. The summed E-state index contributed by atoms with van der Waals surface area (Å²) in [6, 6.07) is 11.8. The molecule has 0 aromatic heterocycles. The van der Waals surface area contributed by atoms with Gasteiger partial charge in [0.2, 0.25) is 0 Å². The second-order valence-corrected chi connectivity index (χ2v) is 6.83. The maximum Gasteiger partial charge on any atom is 0.340 e. The van der Waals surface area contributed by atoms with E-state index in [4.69, 9.17) is 4.74 Å². The second-order valence-electron chi connectivity index (χ2n) is 6.83. The maximum absolute atomic E-state index is 12.6. The molecule has 0 unspecified atom stereocenters. The van der Waals surface area contributed by atoms with Crippen LogP contribution in [-0.2, 0) is 0 Å². The summed E-state index contributed by atoms with van der Waals surface area (Å²) in [5.41, 5.74) is 1.58. The predicted octanol–water partition coefficient (Wildman–Crippen LogP) is 3.98. The van der Waals surface area contributed by atoms with Gasteiger partial charge < -0.3 is 15.0 Å². The van der Waals surface area contributed by atoms with Gasteiger partial charge in [0.25, 0.3) is 10.8 Å². The highest BCUT2D eigenvalue weighted by molar-refractivity contribution is 6.05. The van der Waals surface area contributed by atoms with Crippen LogP contribution in [0, 0.1) is 10.8 Å². The zero-order valence-corrected chi connectivity index (χ0v) is 15.5. The zero-order valence-electron chi connectivity index (χ0n) is 15.5. The Bertz CT molecular complexity index is 845. The van der Waals surface area contributed by atoms with E-state index < -0.39 is 0 Å². The minimum absolute atomic E-state index is 0.0721. The average Bonchev–Trinajstić information content (AvgIpc) is 2.68. The molecule has 7 nitrogen and oxygen atoms in total. The van der Waals surface area contributed by atoms with Crippen molar-refractivity contribution in [3.8, 4) is 5.75 Å². The SMILES string of the molecule is COc1cccc(NC(=O)c2ccc(N3CCC(C)CC3)c([N+](=O)O)c2)c1. The highest BCUT2D eigenvalue weighted by atomic mass is 16.6. The number of nitrogens with one attached hydrogen (secondary N) is 1. The normalized spacial score (nSPS) is 14.7. The molecule has 1 fully saturated rings. The minimum atomic E-state index is -0.370. The Kier molecular flexibility index (Phi) is 5.59. The van der Waals surface area contributed by atoms with Gasteiger partial charge in [0.05, 0.1) is 12.0 Å². The number of hydrogen-bond donors (Lipinski definition) is 2. The molecule has 0 spiro atoms. The molecule has 0 radical (unpaired) electrons. The van der Waals surface area contributed by atoms with E-state index >= 15 is 0 Å². The van der Waals surface area contributed by atoms with Crippen LogP contribution in [0.1, 0.15) is 30.1 Å². The third-order valence-corrected chi connectivity index (χ3v) is 4.90. The molecule has 1 heterocycles. The monoisotopic (exact) mass is 370 g/mol. The van der Waals surface area contributed by atoms with Crippen molar-refractivity contribution in [2.24, 2.45) is 5.92 Å².